The van der Waals surface area contributed by atoms with Crippen molar-refractivity contribution in [2.45, 2.75) is 26.9 Å². The van der Waals surface area contributed by atoms with Crippen LogP contribution < -0.4 is 10.2 Å². The Morgan fingerprint density at radius 3 is 2.28 bits per heavy atom. The van der Waals surface area contributed by atoms with E-state index < -0.39 is 0 Å². The fourth-order valence-electron chi connectivity index (χ4n) is 2.78. The van der Waals surface area contributed by atoms with Gasteiger partial charge in [0.05, 0.1) is 6.54 Å². The van der Waals surface area contributed by atoms with E-state index in [9.17, 15) is 4.79 Å². The molecule has 0 spiro atoms. The summed E-state index contributed by atoms with van der Waals surface area (Å²) in [5.41, 5.74) is 6.06. The fourth-order valence-corrected chi connectivity index (χ4v) is 2.78. The summed E-state index contributed by atoms with van der Waals surface area (Å²) in [5, 5.41) is 2.99. The van der Waals surface area contributed by atoms with Gasteiger partial charge in [-0.15, -0.1) is 0 Å². The molecule has 1 N–H and O–H groups in total. The van der Waals surface area contributed by atoms with Crippen molar-refractivity contribution in [2.75, 3.05) is 32.6 Å². The molecule has 4 nitrogen and oxygen atoms in total. The summed E-state index contributed by atoms with van der Waals surface area (Å²) >= 11 is 0. The molecule has 0 aliphatic carbocycles. The average Bonchev–Trinajstić information content (AvgIpc) is 2.56. The first-order chi connectivity index (χ1) is 11.8. The highest BCUT2D eigenvalue weighted by molar-refractivity contribution is 5.78. The molecule has 0 bridgehead atoms. The monoisotopic (exact) mass is 339 g/mol. The minimum absolute atomic E-state index is 0.0453. The number of nitrogens with one attached hydrogen (secondary N) is 1. The molecule has 0 fully saturated rings. The van der Waals surface area contributed by atoms with Crippen molar-refractivity contribution < 1.29 is 4.79 Å². The molecule has 134 valence electrons. The highest BCUT2D eigenvalue weighted by Crippen LogP contribution is 2.13. The van der Waals surface area contributed by atoms with Crippen molar-refractivity contribution in [1.82, 2.24) is 10.2 Å². The Morgan fingerprint density at radius 2 is 1.68 bits per heavy atom. The Kier molecular flexibility index (Phi) is 6.59. The van der Waals surface area contributed by atoms with E-state index >= 15 is 0 Å². The number of anilines is 1. The third-order valence-corrected chi connectivity index (χ3v) is 4.29. The van der Waals surface area contributed by atoms with Gasteiger partial charge in [0.1, 0.15) is 0 Å². The van der Waals surface area contributed by atoms with Crippen LogP contribution in [0.5, 0.6) is 0 Å². The van der Waals surface area contributed by atoms with Gasteiger partial charge in [0.15, 0.2) is 0 Å². The Balaban J connectivity index is 1.81. The second-order valence-electron chi connectivity index (χ2n) is 6.94. The third kappa shape index (κ3) is 5.91. The molecule has 4 heteroatoms. The first kappa shape index (κ1) is 19.0. The van der Waals surface area contributed by atoms with Crippen LogP contribution in [0, 0.1) is 13.8 Å². The van der Waals surface area contributed by atoms with E-state index in [-0.39, 0.29) is 5.91 Å². The van der Waals surface area contributed by atoms with Crippen LogP contribution in [-0.2, 0) is 17.9 Å². The maximum atomic E-state index is 12.2. The number of nitrogens with zero attached hydrogens (tertiary/aromatic N) is 2. The highest BCUT2D eigenvalue weighted by Gasteiger charge is 2.08. The molecule has 0 atom stereocenters. The molecule has 2 rings (SSSR count). The third-order valence-electron chi connectivity index (χ3n) is 4.29. The van der Waals surface area contributed by atoms with Crippen LogP contribution in [0.1, 0.15) is 22.3 Å². The SMILES string of the molecule is Cc1ccc(CN(C)CC(=O)NCc2ccc(N(C)C)cc2)c(C)c1. The minimum Gasteiger partial charge on any atom is -0.378 e. The van der Waals surface area contributed by atoms with E-state index in [4.69, 9.17) is 0 Å². The van der Waals surface area contributed by atoms with Gasteiger partial charge >= 0.3 is 0 Å². The van der Waals surface area contributed by atoms with E-state index in [1.54, 1.807) is 0 Å². The molecule has 0 saturated heterocycles. The average molecular weight is 339 g/mol. The summed E-state index contributed by atoms with van der Waals surface area (Å²) < 4.78 is 0. The number of amides is 1. The van der Waals surface area contributed by atoms with Gasteiger partial charge in [-0.1, -0.05) is 35.9 Å². The molecule has 2 aromatic carbocycles. The van der Waals surface area contributed by atoms with Gasteiger partial charge in [0.2, 0.25) is 5.91 Å². The number of benzene rings is 2. The molecule has 0 saturated carbocycles. The molecule has 0 aliphatic rings. The van der Waals surface area contributed by atoms with Crippen LogP contribution in [0.3, 0.4) is 0 Å². The number of carbonyl (C=O) groups is 1. The smallest absolute Gasteiger partial charge is 0.234 e. The van der Waals surface area contributed by atoms with E-state index in [0.29, 0.717) is 13.1 Å². The fraction of sp³-hybridized carbons (Fsp3) is 0.381. The number of likely N-dealkylation sites (N-methyl/N-ethyl adjacent to an activating group) is 1. The summed E-state index contributed by atoms with van der Waals surface area (Å²) in [6.07, 6.45) is 0. The van der Waals surface area contributed by atoms with Crippen molar-refractivity contribution >= 4 is 11.6 Å². The molecular formula is C21H29N3O. The van der Waals surface area contributed by atoms with E-state index in [2.05, 4.69) is 66.5 Å². The van der Waals surface area contributed by atoms with Crippen molar-refractivity contribution in [3.63, 3.8) is 0 Å². The second kappa shape index (κ2) is 8.67. The van der Waals surface area contributed by atoms with Crippen molar-refractivity contribution in [1.29, 1.82) is 0 Å². The lowest BCUT2D eigenvalue weighted by molar-refractivity contribution is -0.122. The quantitative estimate of drug-likeness (QED) is 0.842. The van der Waals surface area contributed by atoms with Gasteiger partial charge < -0.3 is 10.2 Å². The zero-order chi connectivity index (χ0) is 18.4. The topological polar surface area (TPSA) is 35.6 Å². The van der Waals surface area contributed by atoms with Crippen LogP contribution >= 0.6 is 0 Å². The lowest BCUT2D eigenvalue weighted by atomic mass is 10.1. The maximum Gasteiger partial charge on any atom is 0.234 e. The van der Waals surface area contributed by atoms with Crippen LogP contribution in [0.4, 0.5) is 5.69 Å². The molecule has 25 heavy (non-hydrogen) atoms. The number of rotatable bonds is 7. The lowest BCUT2D eigenvalue weighted by Gasteiger charge is -2.18. The lowest BCUT2D eigenvalue weighted by Crippen LogP contribution is -2.34. The first-order valence-corrected chi connectivity index (χ1v) is 8.63. The Hall–Kier alpha value is -2.33. The maximum absolute atomic E-state index is 12.2. The second-order valence-corrected chi connectivity index (χ2v) is 6.94. The molecule has 0 aliphatic heterocycles. The zero-order valence-electron chi connectivity index (χ0n) is 16.0. The van der Waals surface area contributed by atoms with Gasteiger partial charge in [0, 0.05) is 32.9 Å². The van der Waals surface area contributed by atoms with E-state index in [0.717, 1.165) is 17.8 Å². The number of hydrogen-bond donors (Lipinski definition) is 1. The predicted octanol–water partition coefficient (Wildman–Crippen LogP) is 3.12. The van der Waals surface area contributed by atoms with Crippen LogP contribution in [-0.4, -0.2) is 38.5 Å². The highest BCUT2D eigenvalue weighted by atomic mass is 16.2. The Morgan fingerprint density at radius 1 is 1.00 bits per heavy atom. The molecule has 0 aromatic heterocycles. The number of aryl methyl sites for hydroxylation is 2. The molecule has 1 amide bonds. The van der Waals surface area contributed by atoms with Crippen molar-refractivity contribution in [3.8, 4) is 0 Å². The number of hydrogen-bond acceptors (Lipinski definition) is 3. The van der Waals surface area contributed by atoms with Gasteiger partial charge in [0.25, 0.3) is 0 Å². The van der Waals surface area contributed by atoms with E-state index in [1.165, 1.54) is 16.7 Å². The molecule has 0 radical (unpaired) electrons. The molecule has 0 unspecified atom stereocenters. The summed E-state index contributed by atoms with van der Waals surface area (Å²) in [6, 6.07) is 14.7. The van der Waals surface area contributed by atoms with Gasteiger partial charge in [-0.25, -0.2) is 0 Å². The van der Waals surface area contributed by atoms with Crippen molar-refractivity contribution in [3.05, 3.63) is 64.7 Å². The van der Waals surface area contributed by atoms with Crippen molar-refractivity contribution in [2.24, 2.45) is 0 Å². The van der Waals surface area contributed by atoms with Gasteiger partial charge in [-0.05, 0) is 49.7 Å². The zero-order valence-corrected chi connectivity index (χ0v) is 16.0. The molecule has 0 heterocycles. The normalized spacial score (nSPS) is 10.8. The van der Waals surface area contributed by atoms with Gasteiger partial charge in [-0.2, -0.15) is 0 Å². The first-order valence-electron chi connectivity index (χ1n) is 8.63. The summed E-state index contributed by atoms with van der Waals surface area (Å²) in [5.74, 6) is 0.0453. The predicted molar refractivity (Wildman–Crippen MR) is 105 cm³/mol. The molecule has 2 aromatic rings. The Labute approximate surface area is 151 Å². The van der Waals surface area contributed by atoms with E-state index in [1.807, 2.05) is 26.0 Å². The minimum atomic E-state index is 0.0453. The van der Waals surface area contributed by atoms with Gasteiger partial charge in [-0.3, -0.25) is 9.69 Å². The summed E-state index contributed by atoms with van der Waals surface area (Å²) in [7, 11) is 6.01. The van der Waals surface area contributed by atoms with Crippen LogP contribution in [0.15, 0.2) is 42.5 Å². The standard InChI is InChI=1S/C21H29N3O/c1-16-6-9-19(17(2)12-16)14-24(5)15-21(25)22-13-18-7-10-20(11-8-18)23(3)4/h6-12H,13-15H2,1-5H3,(H,22,25). The Bertz CT molecular complexity index is 708. The number of carbonyl (C=O) groups excluding carboxylic acids is 1. The summed E-state index contributed by atoms with van der Waals surface area (Å²) in [6.45, 7) is 5.94. The largest absolute Gasteiger partial charge is 0.378 e. The van der Waals surface area contributed by atoms with Crippen LogP contribution in [0.2, 0.25) is 0 Å². The molecular weight excluding hydrogens is 310 g/mol. The van der Waals surface area contributed by atoms with Crippen LogP contribution in [0.25, 0.3) is 0 Å². The summed E-state index contributed by atoms with van der Waals surface area (Å²) in [4.78, 5) is 16.3.